The first-order chi connectivity index (χ1) is 11.8. The fourth-order valence-electron chi connectivity index (χ4n) is 3.00. The van der Waals surface area contributed by atoms with Crippen molar-refractivity contribution in [1.29, 1.82) is 0 Å². The van der Waals surface area contributed by atoms with Gasteiger partial charge in [0.05, 0.1) is 6.54 Å². The average Bonchev–Trinajstić information content (AvgIpc) is 2.65. The zero-order valence-corrected chi connectivity index (χ0v) is 13.2. The molecule has 4 rings (SSSR count). The van der Waals surface area contributed by atoms with Crippen molar-refractivity contribution in [2.24, 2.45) is 0 Å². The minimum atomic E-state index is 0.0518. The highest BCUT2D eigenvalue weighted by atomic mass is 16.1. The highest BCUT2D eigenvalue weighted by Gasteiger charge is 2.05. The Morgan fingerprint density at radius 3 is 2.17 bits per heavy atom. The normalized spacial score (nSPS) is 10.8. The second-order valence-electron chi connectivity index (χ2n) is 5.90. The molecule has 4 aromatic rings. The summed E-state index contributed by atoms with van der Waals surface area (Å²) in [4.78, 5) is 12.7. The summed E-state index contributed by atoms with van der Waals surface area (Å²) in [5, 5.41) is 1.73. The number of nitrogens with zero attached hydrogens (tertiary/aromatic N) is 1. The Balaban J connectivity index is 1.76. The SMILES string of the molecule is O=c1c2ccc(-c3ccccc3)cc2ccn1Cc1ccccc1. The van der Waals surface area contributed by atoms with Crippen LogP contribution in [0.25, 0.3) is 21.9 Å². The topological polar surface area (TPSA) is 22.0 Å². The molecule has 2 nitrogen and oxygen atoms in total. The van der Waals surface area contributed by atoms with Gasteiger partial charge in [0.15, 0.2) is 0 Å². The van der Waals surface area contributed by atoms with Crippen molar-refractivity contribution in [3.63, 3.8) is 0 Å². The van der Waals surface area contributed by atoms with Crippen LogP contribution in [0.4, 0.5) is 0 Å². The van der Waals surface area contributed by atoms with Gasteiger partial charge in [0.1, 0.15) is 0 Å². The third kappa shape index (κ3) is 2.74. The molecule has 24 heavy (non-hydrogen) atoms. The molecule has 0 amide bonds. The van der Waals surface area contributed by atoms with Gasteiger partial charge in [-0.25, -0.2) is 0 Å². The van der Waals surface area contributed by atoms with Gasteiger partial charge >= 0.3 is 0 Å². The van der Waals surface area contributed by atoms with Gasteiger partial charge in [-0.2, -0.15) is 0 Å². The number of hydrogen-bond donors (Lipinski definition) is 0. The molecule has 0 spiro atoms. The van der Waals surface area contributed by atoms with Gasteiger partial charge in [0, 0.05) is 11.6 Å². The second kappa shape index (κ2) is 6.17. The summed E-state index contributed by atoms with van der Waals surface area (Å²) >= 11 is 0. The van der Waals surface area contributed by atoms with Crippen LogP contribution in [-0.4, -0.2) is 4.57 Å². The highest BCUT2D eigenvalue weighted by Crippen LogP contribution is 2.22. The number of rotatable bonds is 3. The molecule has 0 aliphatic rings. The lowest BCUT2D eigenvalue weighted by Crippen LogP contribution is -2.19. The van der Waals surface area contributed by atoms with Crippen molar-refractivity contribution >= 4 is 10.8 Å². The molecule has 0 saturated heterocycles. The molecule has 0 radical (unpaired) electrons. The van der Waals surface area contributed by atoms with E-state index in [-0.39, 0.29) is 5.56 Å². The predicted molar refractivity (Wildman–Crippen MR) is 99.2 cm³/mol. The summed E-state index contributed by atoms with van der Waals surface area (Å²) in [7, 11) is 0. The quantitative estimate of drug-likeness (QED) is 0.537. The van der Waals surface area contributed by atoms with Crippen LogP contribution in [0.5, 0.6) is 0 Å². The van der Waals surface area contributed by atoms with Gasteiger partial charge in [-0.15, -0.1) is 0 Å². The first kappa shape index (κ1) is 14.5. The lowest BCUT2D eigenvalue weighted by molar-refractivity contribution is 0.768. The van der Waals surface area contributed by atoms with E-state index in [9.17, 15) is 4.79 Å². The highest BCUT2D eigenvalue weighted by molar-refractivity contribution is 5.86. The monoisotopic (exact) mass is 311 g/mol. The van der Waals surface area contributed by atoms with E-state index in [2.05, 4.69) is 18.2 Å². The molecular formula is C22H17NO. The summed E-state index contributed by atoms with van der Waals surface area (Å²) in [6, 6.07) is 28.3. The van der Waals surface area contributed by atoms with Crippen molar-refractivity contribution < 1.29 is 0 Å². The van der Waals surface area contributed by atoms with Crippen molar-refractivity contribution in [3.05, 3.63) is 107 Å². The fourth-order valence-corrected chi connectivity index (χ4v) is 3.00. The third-order valence-corrected chi connectivity index (χ3v) is 4.28. The molecule has 0 fully saturated rings. The molecule has 0 saturated carbocycles. The van der Waals surface area contributed by atoms with Gasteiger partial charge in [-0.05, 0) is 40.3 Å². The average molecular weight is 311 g/mol. The molecule has 0 atom stereocenters. The Labute approximate surface area is 140 Å². The number of aromatic nitrogens is 1. The lowest BCUT2D eigenvalue weighted by Gasteiger charge is -2.09. The smallest absolute Gasteiger partial charge is 0.258 e. The van der Waals surface area contributed by atoms with E-state index in [1.807, 2.05) is 72.9 Å². The van der Waals surface area contributed by atoms with Crippen molar-refractivity contribution in [2.75, 3.05) is 0 Å². The summed E-state index contributed by atoms with van der Waals surface area (Å²) in [5.41, 5.74) is 3.46. The van der Waals surface area contributed by atoms with Gasteiger partial charge in [0.25, 0.3) is 5.56 Å². The Bertz CT molecular complexity index is 1030. The summed E-state index contributed by atoms with van der Waals surface area (Å²) in [6.07, 6.45) is 1.88. The van der Waals surface area contributed by atoms with Crippen LogP contribution < -0.4 is 5.56 Å². The zero-order valence-electron chi connectivity index (χ0n) is 13.2. The fraction of sp³-hybridized carbons (Fsp3) is 0.0455. The number of pyridine rings is 1. The van der Waals surface area contributed by atoms with E-state index in [4.69, 9.17) is 0 Å². The van der Waals surface area contributed by atoms with Crippen molar-refractivity contribution in [1.82, 2.24) is 4.57 Å². The van der Waals surface area contributed by atoms with Crippen LogP contribution in [-0.2, 0) is 6.54 Å². The van der Waals surface area contributed by atoms with E-state index in [1.54, 1.807) is 4.57 Å². The first-order valence-electron chi connectivity index (χ1n) is 8.04. The molecule has 0 aliphatic carbocycles. The van der Waals surface area contributed by atoms with E-state index in [0.29, 0.717) is 6.54 Å². The molecule has 0 bridgehead atoms. The largest absolute Gasteiger partial charge is 0.311 e. The predicted octanol–water partition coefficient (Wildman–Crippen LogP) is 4.72. The molecule has 0 aliphatic heterocycles. The van der Waals surface area contributed by atoms with Crippen LogP contribution in [0.15, 0.2) is 95.9 Å². The summed E-state index contributed by atoms with van der Waals surface area (Å²) in [6.45, 7) is 0.593. The van der Waals surface area contributed by atoms with E-state index >= 15 is 0 Å². The number of hydrogen-bond acceptors (Lipinski definition) is 1. The van der Waals surface area contributed by atoms with Crippen LogP contribution >= 0.6 is 0 Å². The third-order valence-electron chi connectivity index (χ3n) is 4.28. The molecule has 116 valence electrons. The van der Waals surface area contributed by atoms with Crippen molar-refractivity contribution in [3.8, 4) is 11.1 Å². The van der Waals surface area contributed by atoms with Gasteiger partial charge in [-0.1, -0.05) is 66.7 Å². The molecule has 3 aromatic carbocycles. The molecular weight excluding hydrogens is 294 g/mol. The first-order valence-corrected chi connectivity index (χ1v) is 8.04. The summed E-state index contributed by atoms with van der Waals surface area (Å²) < 4.78 is 1.76. The van der Waals surface area contributed by atoms with Gasteiger partial charge in [0.2, 0.25) is 0 Å². The van der Waals surface area contributed by atoms with Gasteiger partial charge in [-0.3, -0.25) is 4.79 Å². The van der Waals surface area contributed by atoms with E-state index in [0.717, 1.165) is 27.5 Å². The number of fused-ring (bicyclic) bond motifs is 1. The summed E-state index contributed by atoms with van der Waals surface area (Å²) in [5.74, 6) is 0. The molecule has 0 N–H and O–H groups in total. The van der Waals surface area contributed by atoms with E-state index < -0.39 is 0 Å². The van der Waals surface area contributed by atoms with Crippen LogP contribution in [0.1, 0.15) is 5.56 Å². The zero-order chi connectivity index (χ0) is 16.4. The van der Waals surface area contributed by atoms with Crippen LogP contribution in [0.2, 0.25) is 0 Å². The molecule has 1 heterocycles. The Kier molecular flexibility index (Phi) is 3.72. The molecule has 1 aromatic heterocycles. The van der Waals surface area contributed by atoms with Gasteiger partial charge < -0.3 is 4.57 Å². The maximum absolute atomic E-state index is 12.7. The van der Waals surface area contributed by atoms with Crippen molar-refractivity contribution in [2.45, 2.75) is 6.54 Å². The maximum atomic E-state index is 12.7. The minimum Gasteiger partial charge on any atom is -0.311 e. The minimum absolute atomic E-state index is 0.0518. The number of benzene rings is 3. The maximum Gasteiger partial charge on any atom is 0.258 e. The van der Waals surface area contributed by atoms with Crippen LogP contribution in [0, 0.1) is 0 Å². The lowest BCUT2D eigenvalue weighted by atomic mass is 10.0. The molecule has 0 unspecified atom stereocenters. The standard InChI is InChI=1S/C22H17NO/c24-22-21-12-11-19(18-9-5-2-6-10-18)15-20(21)13-14-23(22)16-17-7-3-1-4-8-17/h1-15H,16H2. The Morgan fingerprint density at radius 2 is 1.42 bits per heavy atom. The van der Waals surface area contributed by atoms with Crippen LogP contribution in [0.3, 0.4) is 0 Å². The molecule has 2 heteroatoms. The Morgan fingerprint density at radius 1 is 0.708 bits per heavy atom. The Hall–Kier alpha value is -3.13. The van der Waals surface area contributed by atoms with E-state index in [1.165, 1.54) is 0 Å². The second-order valence-corrected chi connectivity index (χ2v) is 5.90.